The molecular weight excluding hydrogens is 191 g/mol. The number of nitrogens with zero attached hydrogens (tertiary/aromatic N) is 1. The summed E-state index contributed by atoms with van der Waals surface area (Å²) in [6, 6.07) is 6.09. The van der Waals surface area contributed by atoms with Gasteiger partial charge in [-0.25, -0.2) is 4.39 Å². The summed E-state index contributed by atoms with van der Waals surface area (Å²) in [7, 11) is 2.09. The van der Waals surface area contributed by atoms with E-state index in [4.69, 9.17) is 0 Å². The molecular formula is C12H17FN2. The topological polar surface area (TPSA) is 15.3 Å². The summed E-state index contributed by atoms with van der Waals surface area (Å²) >= 11 is 0. The zero-order chi connectivity index (χ0) is 10.8. The monoisotopic (exact) mass is 208 g/mol. The molecule has 1 saturated heterocycles. The Kier molecular flexibility index (Phi) is 3.03. The molecule has 1 aromatic carbocycles. The Balaban J connectivity index is 2.00. The van der Waals surface area contributed by atoms with Gasteiger partial charge in [-0.15, -0.1) is 0 Å². The second kappa shape index (κ2) is 4.29. The van der Waals surface area contributed by atoms with Crippen molar-refractivity contribution in [2.75, 3.05) is 20.1 Å². The first-order chi connectivity index (χ1) is 7.16. The molecule has 1 fully saturated rings. The molecule has 0 bridgehead atoms. The molecule has 0 unspecified atom stereocenters. The van der Waals surface area contributed by atoms with E-state index in [0.717, 1.165) is 25.2 Å². The predicted molar refractivity (Wildman–Crippen MR) is 59.3 cm³/mol. The van der Waals surface area contributed by atoms with Crippen LogP contribution in [-0.2, 0) is 6.54 Å². The summed E-state index contributed by atoms with van der Waals surface area (Å²) in [4.78, 5) is 2.26. The number of benzene rings is 1. The highest BCUT2D eigenvalue weighted by Gasteiger charge is 2.21. The molecule has 3 heteroatoms. The normalized spacial score (nSPS) is 16.8. The van der Waals surface area contributed by atoms with Crippen LogP contribution in [0.25, 0.3) is 0 Å². The molecule has 82 valence electrons. The lowest BCUT2D eigenvalue weighted by atomic mass is 10.1. The Bertz CT molecular complexity index is 347. The molecule has 1 N–H and O–H groups in total. The summed E-state index contributed by atoms with van der Waals surface area (Å²) < 4.78 is 13.3. The third-order valence-corrected chi connectivity index (χ3v) is 3.05. The van der Waals surface area contributed by atoms with Gasteiger partial charge in [0.1, 0.15) is 5.82 Å². The van der Waals surface area contributed by atoms with Crippen LogP contribution in [0.5, 0.6) is 0 Å². The molecule has 0 aromatic heterocycles. The molecule has 0 radical (unpaired) electrons. The summed E-state index contributed by atoms with van der Waals surface area (Å²) in [6.45, 7) is 4.71. The first-order valence-corrected chi connectivity index (χ1v) is 5.33. The molecule has 0 spiro atoms. The van der Waals surface area contributed by atoms with Crippen molar-refractivity contribution >= 4 is 0 Å². The minimum atomic E-state index is -0.104. The number of hydrogen-bond donors (Lipinski definition) is 1. The second-order valence-corrected chi connectivity index (χ2v) is 4.31. The van der Waals surface area contributed by atoms with E-state index in [2.05, 4.69) is 17.3 Å². The van der Waals surface area contributed by atoms with Crippen molar-refractivity contribution in [1.29, 1.82) is 0 Å². The smallest absolute Gasteiger partial charge is 0.126 e. The zero-order valence-corrected chi connectivity index (χ0v) is 9.26. The van der Waals surface area contributed by atoms with Crippen molar-refractivity contribution in [3.63, 3.8) is 0 Å². The van der Waals surface area contributed by atoms with Crippen molar-refractivity contribution in [2.45, 2.75) is 19.5 Å². The number of aryl methyl sites for hydroxylation is 1. The van der Waals surface area contributed by atoms with Crippen LogP contribution >= 0.6 is 0 Å². The number of likely N-dealkylation sites (N-methyl/N-ethyl adjacent to an activating group) is 1. The van der Waals surface area contributed by atoms with Crippen LogP contribution in [0, 0.1) is 12.7 Å². The van der Waals surface area contributed by atoms with Crippen molar-refractivity contribution < 1.29 is 4.39 Å². The van der Waals surface area contributed by atoms with Gasteiger partial charge in [-0.1, -0.05) is 12.1 Å². The molecule has 1 aromatic rings. The average Bonchev–Trinajstić information content (AvgIpc) is 2.08. The maximum absolute atomic E-state index is 13.3. The first-order valence-electron chi connectivity index (χ1n) is 5.33. The third-order valence-electron chi connectivity index (χ3n) is 3.05. The Morgan fingerprint density at radius 3 is 2.73 bits per heavy atom. The van der Waals surface area contributed by atoms with Crippen LogP contribution in [0.3, 0.4) is 0 Å². The standard InChI is InChI=1S/C12H17FN2/c1-9-3-4-10(5-12(9)13)8-15(2)11-6-14-7-11/h3-5,11,14H,6-8H2,1-2H3. The predicted octanol–water partition coefficient (Wildman–Crippen LogP) is 1.54. The Labute approximate surface area is 90.1 Å². The summed E-state index contributed by atoms with van der Waals surface area (Å²) in [5, 5.41) is 3.23. The van der Waals surface area contributed by atoms with E-state index in [-0.39, 0.29) is 5.82 Å². The van der Waals surface area contributed by atoms with Crippen LogP contribution in [0.1, 0.15) is 11.1 Å². The summed E-state index contributed by atoms with van der Waals surface area (Å²) in [6.07, 6.45) is 0. The lowest BCUT2D eigenvalue weighted by molar-refractivity contribution is 0.173. The fourth-order valence-corrected chi connectivity index (χ4v) is 1.74. The molecule has 1 aliphatic heterocycles. The van der Waals surface area contributed by atoms with E-state index in [1.165, 1.54) is 0 Å². The average molecular weight is 208 g/mol. The lowest BCUT2D eigenvalue weighted by Crippen LogP contribution is -2.55. The molecule has 15 heavy (non-hydrogen) atoms. The largest absolute Gasteiger partial charge is 0.314 e. The van der Waals surface area contributed by atoms with Gasteiger partial charge in [-0.2, -0.15) is 0 Å². The molecule has 0 saturated carbocycles. The van der Waals surface area contributed by atoms with Crippen molar-refractivity contribution in [3.8, 4) is 0 Å². The lowest BCUT2D eigenvalue weighted by Gasteiger charge is -2.35. The summed E-state index contributed by atoms with van der Waals surface area (Å²) in [5.74, 6) is -0.104. The fraction of sp³-hybridized carbons (Fsp3) is 0.500. The highest BCUT2D eigenvalue weighted by atomic mass is 19.1. The van der Waals surface area contributed by atoms with Gasteiger partial charge in [0.05, 0.1) is 0 Å². The van der Waals surface area contributed by atoms with Crippen LogP contribution in [0.15, 0.2) is 18.2 Å². The molecule has 1 aliphatic rings. The number of hydrogen-bond acceptors (Lipinski definition) is 2. The van der Waals surface area contributed by atoms with Gasteiger partial charge >= 0.3 is 0 Å². The van der Waals surface area contributed by atoms with E-state index < -0.39 is 0 Å². The quantitative estimate of drug-likeness (QED) is 0.810. The fourth-order valence-electron chi connectivity index (χ4n) is 1.74. The highest BCUT2D eigenvalue weighted by Crippen LogP contribution is 2.13. The van der Waals surface area contributed by atoms with Gasteiger partial charge in [0.2, 0.25) is 0 Å². The van der Waals surface area contributed by atoms with E-state index in [9.17, 15) is 4.39 Å². The van der Waals surface area contributed by atoms with Crippen LogP contribution < -0.4 is 5.32 Å². The highest BCUT2D eigenvalue weighted by molar-refractivity contribution is 5.23. The SMILES string of the molecule is Cc1ccc(CN(C)C2CNC2)cc1F. The molecule has 2 rings (SSSR count). The molecule has 2 nitrogen and oxygen atoms in total. The van der Waals surface area contributed by atoms with Crippen LogP contribution in [0.2, 0.25) is 0 Å². The first kappa shape index (κ1) is 10.6. The van der Waals surface area contributed by atoms with E-state index in [0.29, 0.717) is 11.6 Å². The second-order valence-electron chi connectivity index (χ2n) is 4.31. The van der Waals surface area contributed by atoms with Crippen molar-refractivity contribution in [1.82, 2.24) is 10.2 Å². The van der Waals surface area contributed by atoms with Gasteiger partial charge in [-0.3, -0.25) is 4.90 Å². The van der Waals surface area contributed by atoms with Gasteiger partial charge < -0.3 is 5.32 Å². The van der Waals surface area contributed by atoms with Gasteiger partial charge in [0.25, 0.3) is 0 Å². The molecule has 1 heterocycles. The minimum absolute atomic E-state index is 0.104. The Morgan fingerprint density at radius 2 is 2.20 bits per heavy atom. The Hall–Kier alpha value is -0.930. The number of nitrogens with one attached hydrogen (secondary N) is 1. The van der Waals surface area contributed by atoms with Crippen LogP contribution in [0.4, 0.5) is 4.39 Å². The molecule has 0 atom stereocenters. The molecule has 0 amide bonds. The van der Waals surface area contributed by atoms with Gasteiger partial charge in [0.15, 0.2) is 0 Å². The molecule has 0 aliphatic carbocycles. The van der Waals surface area contributed by atoms with Gasteiger partial charge in [0, 0.05) is 25.7 Å². The van der Waals surface area contributed by atoms with Crippen molar-refractivity contribution in [2.24, 2.45) is 0 Å². The van der Waals surface area contributed by atoms with E-state index >= 15 is 0 Å². The Morgan fingerprint density at radius 1 is 1.47 bits per heavy atom. The maximum atomic E-state index is 13.3. The summed E-state index contributed by atoms with van der Waals surface area (Å²) in [5.41, 5.74) is 1.76. The number of halogens is 1. The zero-order valence-electron chi connectivity index (χ0n) is 9.26. The van der Waals surface area contributed by atoms with Gasteiger partial charge in [-0.05, 0) is 31.2 Å². The van der Waals surface area contributed by atoms with E-state index in [1.54, 1.807) is 13.0 Å². The third kappa shape index (κ3) is 2.36. The maximum Gasteiger partial charge on any atom is 0.126 e. The van der Waals surface area contributed by atoms with Crippen LogP contribution in [-0.4, -0.2) is 31.1 Å². The van der Waals surface area contributed by atoms with Crippen molar-refractivity contribution in [3.05, 3.63) is 35.1 Å². The number of rotatable bonds is 3. The minimum Gasteiger partial charge on any atom is -0.314 e. The van der Waals surface area contributed by atoms with E-state index in [1.807, 2.05) is 12.1 Å².